The Kier molecular flexibility index (Phi) is 9.93. The van der Waals surface area contributed by atoms with Gasteiger partial charge in [0.1, 0.15) is 0 Å². The molecule has 4 aliphatic rings. The molecule has 0 aliphatic heterocycles. The van der Waals surface area contributed by atoms with Crippen LogP contribution in [0.5, 0.6) is 0 Å². The number of hydrogen-bond acceptors (Lipinski definition) is 3. The van der Waals surface area contributed by atoms with E-state index in [1.807, 2.05) is 42.6 Å². The van der Waals surface area contributed by atoms with E-state index >= 15 is 0 Å². The molecule has 4 saturated carbocycles. The van der Waals surface area contributed by atoms with Gasteiger partial charge in [-0.05, 0) is 71.7 Å². The minimum absolute atomic E-state index is 0. The molecule has 211 valence electrons. The molecular formula is C35H44IrNO2-. The van der Waals surface area contributed by atoms with Gasteiger partial charge in [0.25, 0.3) is 0 Å². The third-order valence-corrected chi connectivity index (χ3v) is 10.6. The van der Waals surface area contributed by atoms with Gasteiger partial charge in [-0.2, -0.15) is 0 Å². The fourth-order valence-corrected chi connectivity index (χ4v) is 8.60. The molecule has 1 aromatic heterocycles. The van der Waals surface area contributed by atoms with Gasteiger partial charge in [0.2, 0.25) is 0 Å². The van der Waals surface area contributed by atoms with Crippen LogP contribution < -0.4 is 0 Å². The molecule has 2 unspecified atom stereocenters. The SMILES string of the molecule is OC1C2C(CC[C@@H]1C1CCCC1)CC[C@H](C1CCCC1)C2O.[Ir].[c-]1ccccc1-c1cc2ccccc2cn1. The number of pyridine rings is 1. The molecular weight excluding hydrogens is 659 g/mol. The Morgan fingerprint density at radius 3 is 1.77 bits per heavy atom. The van der Waals surface area contributed by atoms with E-state index in [0.29, 0.717) is 17.8 Å². The molecule has 0 saturated heterocycles. The molecule has 1 heterocycles. The normalized spacial score (nSPS) is 31.2. The summed E-state index contributed by atoms with van der Waals surface area (Å²) in [6.45, 7) is 0. The zero-order valence-electron chi connectivity index (χ0n) is 23.1. The van der Waals surface area contributed by atoms with Gasteiger partial charge < -0.3 is 15.2 Å². The summed E-state index contributed by atoms with van der Waals surface area (Å²) in [5, 5.41) is 24.6. The van der Waals surface area contributed by atoms with Crippen LogP contribution >= 0.6 is 0 Å². The van der Waals surface area contributed by atoms with E-state index in [4.69, 9.17) is 0 Å². The minimum atomic E-state index is -0.221. The number of rotatable bonds is 3. The number of benzene rings is 2. The smallest absolute Gasteiger partial charge is 0.0626 e. The third kappa shape index (κ3) is 6.35. The first-order chi connectivity index (χ1) is 18.7. The number of fused-ring (bicyclic) bond motifs is 2. The van der Waals surface area contributed by atoms with Crippen molar-refractivity contribution >= 4 is 10.8 Å². The molecule has 4 fully saturated rings. The molecule has 4 aliphatic carbocycles. The summed E-state index contributed by atoms with van der Waals surface area (Å²) < 4.78 is 0. The summed E-state index contributed by atoms with van der Waals surface area (Å²) in [5.74, 6) is 3.26. The van der Waals surface area contributed by atoms with Crippen LogP contribution in [0.4, 0.5) is 0 Å². The zero-order valence-corrected chi connectivity index (χ0v) is 25.4. The third-order valence-electron chi connectivity index (χ3n) is 10.6. The van der Waals surface area contributed by atoms with Gasteiger partial charge >= 0.3 is 0 Å². The fourth-order valence-electron chi connectivity index (χ4n) is 8.60. The molecule has 4 heteroatoms. The standard InChI is InChI=1S/C20H34O2.C15H10N.Ir/c21-19-16(13-5-1-2-6-13)11-9-15-10-12-17(20(22)18(15)19)14-7-3-4-8-14;1-2-6-12(7-3-1)15-10-13-8-4-5-9-14(13)11-16-15;/h13-22H,1-12H2;1-6,8-11H;/q;-1;/t15?,16-,17-,18?,19?,20?;;/m1../s1. The second-order valence-corrected chi connectivity index (χ2v) is 12.6. The number of aliphatic hydroxyl groups excluding tert-OH is 2. The first-order valence-electron chi connectivity index (χ1n) is 15.4. The van der Waals surface area contributed by atoms with Crippen molar-refractivity contribution < 1.29 is 30.3 Å². The molecule has 0 bridgehead atoms. The van der Waals surface area contributed by atoms with Crippen molar-refractivity contribution in [3.8, 4) is 11.3 Å². The van der Waals surface area contributed by atoms with Crippen LogP contribution in [0, 0.1) is 41.6 Å². The van der Waals surface area contributed by atoms with Crippen LogP contribution in [-0.2, 0) is 20.1 Å². The average molecular weight is 703 g/mol. The molecule has 3 aromatic rings. The predicted octanol–water partition coefficient (Wildman–Crippen LogP) is 7.84. The molecule has 2 N–H and O–H groups in total. The fraction of sp³-hybridized carbons (Fsp3) is 0.571. The Balaban J connectivity index is 0.000000161. The largest absolute Gasteiger partial charge is 0.392 e. The van der Waals surface area contributed by atoms with Crippen LogP contribution in [0.25, 0.3) is 22.0 Å². The molecule has 3 nitrogen and oxygen atoms in total. The maximum Gasteiger partial charge on any atom is 0.0626 e. The van der Waals surface area contributed by atoms with E-state index in [0.717, 1.165) is 23.1 Å². The molecule has 7 rings (SSSR count). The van der Waals surface area contributed by atoms with Crippen molar-refractivity contribution in [2.24, 2.45) is 35.5 Å². The predicted molar refractivity (Wildman–Crippen MR) is 154 cm³/mol. The van der Waals surface area contributed by atoms with Crippen LogP contribution in [0.2, 0.25) is 0 Å². The van der Waals surface area contributed by atoms with E-state index in [2.05, 4.69) is 29.2 Å². The Labute approximate surface area is 248 Å². The Bertz CT molecular complexity index is 1140. The summed E-state index contributed by atoms with van der Waals surface area (Å²) in [7, 11) is 0. The molecule has 2 aromatic carbocycles. The molecule has 4 atom stereocenters. The second-order valence-electron chi connectivity index (χ2n) is 12.6. The van der Waals surface area contributed by atoms with Gasteiger partial charge in [-0.15, -0.1) is 35.9 Å². The summed E-state index contributed by atoms with van der Waals surface area (Å²) in [6, 6.07) is 21.4. The van der Waals surface area contributed by atoms with Gasteiger partial charge in [0.05, 0.1) is 12.2 Å². The summed E-state index contributed by atoms with van der Waals surface area (Å²) >= 11 is 0. The summed E-state index contributed by atoms with van der Waals surface area (Å²) in [5.41, 5.74) is 2.01. The van der Waals surface area contributed by atoms with E-state index in [1.54, 1.807) is 0 Å². The summed E-state index contributed by atoms with van der Waals surface area (Å²) in [4.78, 5) is 4.45. The van der Waals surface area contributed by atoms with E-state index < -0.39 is 0 Å². The van der Waals surface area contributed by atoms with Gasteiger partial charge in [0, 0.05) is 32.2 Å². The van der Waals surface area contributed by atoms with E-state index in [1.165, 1.54) is 87.8 Å². The Morgan fingerprint density at radius 2 is 1.21 bits per heavy atom. The molecule has 39 heavy (non-hydrogen) atoms. The van der Waals surface area contributed by atoms with E-state index in [9.17, 15) is 10.2 Å². The number of hydrogen-bond donors (Lipinski definition) is 2. The number of aliphatic hydroxyl groups is 2. The van der Waals surface area contributed by atoms with Crippen LogP contribution in [0.1, 0.15) is 77.0 Å². The maximum absolute atomic E-state index is 11.1. The quantitative estimate of drug-likeness (QED) is 0.274. The average Bonchev–Trinajstić information content (AvgIpc) is 3.69. The van der Waals surface area contributed by atoms with Gasteiger partial charge in [-0.3, -0.25) is 0 Å². The zero-order chi connectivity index (χ0) is 25.9. The molecule has 0 spiro atoms. The minimum Gasteiger partial charge on any atom is -0.392 e. The monoisotopic (exact) mass is 703 g/mol. The van der Waals surface area contributed by atoms with Gasteiger partial charge in [-0.1, -0.05) is 81.7 Å². The van der Waals surface area contributed by atoms with Crippen molar-refractivity contribution in [1.29, 1.82) is 0 Å². The van der Waals surface area contributed by atoms with Gasteiger partial charge in [0.15, 0.2) is 0 Å². The second kappa shape index (κ2) is 13.4. The Morgan fingerprint density at radius 1 is 0.641 bits per heavy atom. The van der Waals surface area contributed by atoms with Crippen molar-refractivity contribution in [1.82, 2.24) is 4.98 Å². The first-order valence-corrected chi connectivity index (χ1v) is 15.4. The topological polar surface area (TPSA) is 53.4 Å². The summed E-state index contributed by atoms with van der Waals surface area (Å²) in [6.07, 6.45) is 17.1. The van der Waals surface area contributed by atoms with Gasteiger partial charge in [-0.25, -0.2) is 0 Å². The van der Waals surface area contributed by atoms with Crippen LogP contribution in [0.15, 0.2) is 60.8 Å². The van der Waals surface area contributed by atoms with Crippen molar-refractivity contribution in [3.63, 3.8) is 0 Å². The Hall–Kier alpha value is -1.58. The maximum atomic E-state index is 11.1. The van der Waals surface area contributed by atoms with Crippen molar-refractivity contribution in [3.05, 3.63) is 66.9 Å². The van der Waals surface area contributed by atoms with E-state index in [-0.39, 0.29) is 38.2 Å². The van der Waals surface area contributed by atoms with Crippen molar-refractivity contribution in [2.75, 3.05) is 0 Å². The first kappa shape index (κ1) is 28.9. The van der Waals surface area contributed by atoms with Crippen LogP contribution in [0.3, 0.4) is 0 Å². The van der Waals surface area contributed by atoms with Crippen LogP contribution in [-0.4, -0.2) is 27.4 Å². The molecule has 1 radical (unpaired) electrons. The number of aromatic nitrogens is 1. The van der Waals surface area contributed by atoms with Crippen molar-refractivity contribution in [2.45, 2.75) is 89.3 Å². The molecule has 0 amide bonds. The number of nitrogens with zero attached hydrogens (tertiary/aromatic N) is 1.